The zero-order valence-corrected chi connectivity index (χ0v) is 13.3. The van der Waals surface area contributed by atoms with Crippen molar-refractivity contribution < 1.29 is 20.1 Å². The molecule has 0 spiro atoms. The summed E-state index contributed by atoms with van der Waals surface area (Å²) in [7, 11) is 0. The lowest BCUT2D eigenvalue weighted by atomic mass is 10.1. The number of aryl methyl sites for hydroxylation is 1. The standard InChI is InChI=1S/C16H18N2O4S/c1-9-4-10(2-3-18-9)11-5-12(7-17-6-11)22-16-15(21)14(20)13(19)8-23-16/h2-7,13-16,19-21H,8H2,1H3/t13-,14+,15-,16+/m1/s1. The Balaban J connectivity index is 1.78. The first-order valence-corrected chi connectivity index (χ1v) is 8.30. The molecular formula is C16H18N2O4S. The minimum Gasteiger partial charge on any atom is -0.475 e. The highest BCUT2D eigenvalue weighted by Gasteiger charge is 2.38. The van der Waals surface area contributed by atoms with E-state index in [0.29, 0.717) is 11.5 Å². The molecule has 1 fully saturated rings. The third-order valence-corrected chi connectivity index (χ3v) is 4.89. The van der Waals surface area contributed by atoms with E-state index in [-0.39, 0.29) is 0 Å². The van der Waals surface area contributed by atoms with Gasteiger partial charge in [-0.3, -0.25) is 9.97 Å². The number of thioether (sulfide) groups is 1. The Hall–Kier alpha value is -1.67. The Bertz CT molecular complexity index is 685. The lowest BCUT2D eigenvalue weighted by Crippen LogP contribution is -2.50. The van der Waals surface area contributed by atoms with Crippen molar-refractivity contribution in [1.82, 2.24) is 9.97 Å². The fraction of sp³-hybridized carbons (Fsp3) is 0.375. The average Bonchev–Trinajstić information content (AvgIpc) is 2.56. The molecule has 0 amide bonds. The molecule has 2 aromatic heterocycles. The third-order valence-electron chi connectivity index (χ3n) is 3.65. The SMILES string of the molecule is Cc1cc(-c2cncc(O[C@H]3SC[C@@H](O)[C@H](O)[C@H]3O)c2)ccn1. The second kappa shape index (κ2) is 6.84. The second-order valence-electron chi connectivity index (χ2n) is 5.46. The molecule has 4 atom stereocenters. The van der Waals surface area contributed by atoms with Crippen LogP contribution < -0.4 is 4.74 Å². The first kappa shape index (κ1) is 16.2. The summed E-state index contributed by atoms with van der Waals surface area (Å²) in [6.45, 7) is 1.92. The normalized spacial score (nSPS) is 27.7. The van der Waals surface area contributed by atoms with Crippen molar-refractivity contribution in [3.8, 4) is 16.9 Å². The molecule has 6 nitrogen and oxygen atoms in total. The molecule has 0 unspecified atom stereocenters. The maximum atomic E-state index is 10.0. The maximum Gasteiger partial charge on any atom is 0.173 e. The van der Waals surface area contributed by atoms with Gasteiger partial charge in [0, 0.05) is 29.4 Å². The molecule has 7 heteroatoms. The van der Waals surface area contributed by atoms with Gasteiger partial charge >= 0.3 is 0 Å². The van der Waals surface area contributed by atoms with E-state index in [1.54, 1.807) is 18.6 Å². The summed E-state index contributed by atoms with van der Waals surface area (Å²) < 4.78 is 5.74. The van der Waals surface area contributed by atoms with Gasteiger partial charge in [-0.15, -0.1) is 11.8 Å². The second-order valence-corrected chi connectivity index (χ2v) is 6.59. The fourth-order valence-electron chi connectivity index (χ4n) is 2.38. The van der Waals surface area contributed by atoms with Crippen LogP contribution in [0, 0.1) is 6.92 Å². The van der Waals surface area contributed by atoms with Crippen LogP contribution in [0.5, 0.6) is 5.75 Å². The van der Waals surface area contributed by atoms with E-state index in [9.17, 15) is 15.3 Å². The number of nitrogens with zero attached hydrogens (tertiary/aromatic N) is 2. The Morgan fingerprint density at radius 2 is 1.96 bits per heavy atom. The highest BCUT2D eigenvalue weighted by molar-refractivity contribution is 7.99. The molecule has 0 aromatic carbocycles. The van der Waals surface area contributed by atoms with Crippen LogP contribution in [-0.2, 0) is 0 Å². The van der Waals surface area contributed by atoms with E-state index >= 15 is 0 Å². The Morgan fingerprint density at radius 1 is 1.13 bits per heavy atom. The van der Waals surface area contributed by atoms with Gasteiger partial charge in [-0.25, -0.2) is 0 Å². The topological polar surface area (TPSA) is 95.7 Å². The van der Waals surface area contributed by atoms with Crippen molar-refractivity contribution in [3.05, 3.63) is 42.5 Å². The van der Waals surface area contributed by atoms with E-state index in [4.69, 9.17) is 4.74 Å². The quantitative estimate of drug-likeness (QED) is 0.770. The molecule has 0 bridgehead atoms. The number of ether oxygens (including phenoxy) is 1. The van der Waals surface area contributed by atoms with Crippen LogP contribution in [0.2, 0.25) is 0 Å². The highest BCUT2D eigenvalue weighted by Crippen LogP contribution is 2.30. The predicted octanol–water partition coefficient (Wildman–Crippen LogP) is 0.986. The van der Waals surface area contributed by atoms with E-state index in [2.05, 4.69) is 9.97 Å². The van der Waals surface area contributed by atoms with Crippen molar-refractivity contribution in [2.75, 3.05) is 5.75 Å². The molecular weight excluding hydrogens is 316 g/mol. The molecule has 1 saturated heterocycles. The maximum absolute atomic E-state index is 10.0. The molecule has 2 aromatic rings. The van der Waals surface area contributed by atoms with Crippen molar-refractivity contribution in [3.63, 3.8) is 0 Å². The average molecular weight is 334 g/mol. The molecule has 23 heavy (non-hydrogen) atoms. The first-order chi connectivity index (χ1) is 11.0. The summed E-state index contributed by atoms with van der Waals surface area (Å²) in [5, 5.41) is 29.3. The van der Waals surface area contributed by atoms with Gasteiger partial charge in [0.15, 0.2) is 5.44 Å². The summed E-state index contributed by atoms with van der Waals surface area (Å²) in [6, 6.07) is 5.66. The van der Waals surface area contributed by atoms with Gasteiger partial charge in [-0.2, -0.15) is 0 Å². The van der Waals surface area contributed by atoms with Crippen molar-refractivity contribution in [2.45, 2.75) is 30.7 Å². The minimum absolute atomic E-state index is 0.305. The molecule has 0 radical (unpaired) electrons. The van der Waals surface area contributed by atoms with Crippen LogP contribution in [0.25, 0.3) is 11.1 Å². The van der Waals surface area contributed by atoms with Crippen molar-refractivity contribution in [1.29, 1.82) is 0 Å². The van der Waals surface area contributed by atoms with Gasteiger partial charge in [0.2, 0.25) is 0 Å². The van der Waals surface area contributed by atoms with Gasteiger partial charge in [0.05, 0.1) is 12.3 Å². The third kappa shape index (κ3) is 3.64. The fourth-order valence-corrected chi connectivity index (χ4v) is 3.50. The molecule has 3 rings (SSSR count). The number of aliphatic hydroxyl groups excluding tert-OH is 3. The predicted molar refractivity (Wildman–Crippen MR) is 87.1 cm³/mol. The van der Waals surface area contributed by atoms with E-state index < -0.39 is 23.7 Å². The lowest BCUT2D eigenvalue weighted by Gasteiger charge is -2.34. The van der Waals surface area contributed by atoms with Gasteiger partial charge in [0.1, 0.15) is 18.0 Å². The Kier molecular flexibility index (Phi) is 4.82. The molecule has 3 N–H and O–H groups in total. The summed E-state index contributed by atoms with van der Waals surface area (Å²) in [5.74, 6) is 0.802. The zero-order chi connectivity index (χ0) is 16.4. The van der Waals surface area contributed by atoms with Crippen LogP contribution in [0.1, 0.15) is 5.69 Å². The number of pyridine rings is 2. The molecule has 0 saturated carbocycles. The highest BCUT2D eigenvalue weighted by atomic mass is 32.2. The monoisotopic (exact) mass is 334 g/mol. The minimum atomic E-state index is -1.21. The number of hydrogen-bond donors (Lipinski definition) is 3. The van der Waals surface area contributed by atoms with Crippen LogP contribution >= 0.6 is 11.8 Å². The summed E-state index contributed by atoms with van der Waals surface area (Å²) in [5.41, 5.74) is 2.11. The summed E-state index contributed by atoms with van der Waals surface area (Å²) in [6.07, 6.45) is 1.71. The number of aliphatic hydroxyl groups is 3. The van der Waals surface area contributed by atoms with Crippen LogP contribution in [0.3, 0.4) is 0 Å². The van der Waals surface area contributed by atoms with Crippen LogP contribution in [-0.4, -0.2) is 54.8 Å². The van der Waals surface area contributed by atoms with Crippen LogP contribution in [0.4, 0.5) is 0 Å². The first-order valence-electron chi connectivity index (χ1n) is 7.25. The number of rotatable bonds is 3. The molecule has 1 aliphatic rings. The van der Waals surface area contributed by atoms with Gasteiger partial charge < -0.3 is 20.1 Å². The molecule has 1 aliphatic heterocycles. The Labute approximate surface area is 138 Å². The van der Waals surface area contributed by atoms with Crippen LogP contribution in [0.15, 0.2) is 36.8 Å². The van der Waals surface area contributed by atoms with Gasteiger partial charge in [-0.05, 0) is 30.7 Å². The summed E-state index contributed by atoms with van der Waals surface area (Å²) >= 11 is 1.26. The van der Waals surface area contributed by atoms with Gasteiger partial charge in [0.25, 0.3) is 0 Å². The molecule has 0 aliphatic carbocycles. The summed E-state index contributed by atoms with van der Waals surface area (Å²) in [4.78, 5) is 8.33. The number of aromatic nitrogens is 2. The van der Waals surface area contributed by atoms with E-state index in [0.717, 1.165) is 16.8 Å². The molecule has 3 heterocycles. The largest absolute Gasteiger partial charge is 0.475 e. The van der Waals surface area contributed by atoms with E-state index in [1.165, 1.54) is 11.8 Å². The van der Waals surface area contributed by atoms with E-state index in [1.807, 2.05) is 25.1 Å². The molecule has 122 valence electrons. The Morgan fingerprint density at radius 3 is 2.74 bits per heavy atom. The zero-order valence-electron chi connectivity index (χ0n) is 12.5. The van der Waals surface area contributed by atoms with Crippen molar-refractivity contribution >= 4 is 11.8 Å². The smallest absolute Gasteiger partial charge is 0.173 e. The van der Waals surface area contributed by atoms with Crippen molar-refractivity contribution in [2.24, 2.45) is 0 Å². The lowest BCUT2D eigenvalue weighted by molar-refractivity contribution is -0.0786. The van der Waals surface area contributed by atoms with Gasteiger partial charge in [-0.1, -0.05) is 0 Å². The number of hydrogen-bond acceptors (Lipinski definition) is 7.